The third kappa shape index (κ3) is 30.1. The van der Waals surface area contributed by atoms with Crippen molar-refractivity contribution in [3.63, 3.8) is 0 Å². The Morgan fingerprint density at radius 3 is 1.70 bits per heavy atom. The lowest BCUT2D eigenvalue weighted by Crippen LogP contribution is -2.26. The van der Waals surface area contributed by atoms with E-state index in [0.29, 0.717) is 19.3 Å². The van der Waals surface area contributed by atoms with Crippen molar-refractivity contribution in [2.45, 2.75) is 167 Å². The molecule has 0 aromatic rings. The smallest absolute Gasteiger partial charge is 0.305 e. The maximum Gasteiger partial charge on any atom is 0.305 e. The van der Waals surface area contributed by atoms with E-state index in [9.17, 15) is 24.9 Å². The van der Waals surface area contributed by atoms with Crippen LogP contribution in [0.5, 0.6) is 0 Å². The summed E-state index contributed by atoms with van der Waals surface area (Å²) in [6.07, 6.45) is 28.2. The Kier molecular flexibility index (Phi) is 29.7. The molecule has 256 valence electrons. The number of rotatable bonds is 30. The highest BCUT2D eigenvalue weighted by molar-refractivity contribution is 5.69. The van der Waals surface area contributed by atoms with Gasteiger partial charge in [0.1, 0.15) is 19.3 Å². The van der Waals surface area contributed by atoms with Crippen LogP contribution in [0.3, 0.4) is 0 Å². The first-order valence-electron chi connectivity index (χ1n) is 17.6. The third-order valence-corrected chi connectivity index (χ3v) is 7.51. The van der Waals surface area contributed by atoms with Crippen molar-refractivity contribution in [1.82, 2.24) is 0 Å². The maximum atomic E-state index is 12.0. The molecule has 3 atom stereocenters. The molecule has 0 amide bonds. The largest absolute Gasteiger partial charge is 0.463 e. The molecule has 0 aliphatic heterocycles. The highest BCUT2D eigenvalue weighted by atomic mass is 16.6. The number of carbonyl (C=O) groups excluding carboxylic acids is 2. The number of ether oxygens (including phenoxy) is 2. The van der Waals surface area contributed by atoms with Crippen molar-refractivity contribution in [3.05, 3.63) is 36.5 Å². The predicted molar refractivity (Wildman–Crippen MR) is 180 cm³/mol. The molecule has 0 aliphatic carbocycles. The molecular weight excluding hydrogens is 556 g/mol. The predicted octanol–water partition coefficient (Wildman–Crippen LogP) is 8.30. The van der Waals surface area contributed by atoms with Gasteiger partial charge in [-0.1, -0.05) is 121 Å². The van der Waals surface area contributed by atoms with E-state index in [-0.39, 0.29) is 32.0 Å². The average molecular weight is 623 g/mol. The number of aliphatic hydroxyl groups is 3. The molecule has 0 spiro atoms. The summed E-state index contributed by atoms with van der Waals surface area (Å²) in [6, 6.07) is 0. The maximum absolute atomic E-state index is 12.0. The zero-order valence-electron chi connectivity index (χ0n) is 28.3. The van der Waals surface area contributed by atoms with Crippen LogP contribution >= 0.6 is 0 Å². The Balaban J connectivity index is 3.74. The third-order valence-electron chi connectivity index (χ3n) is 7.51. The molecule has 0 aromatic heterocycles. The molecule has 0 saturated carbocycles. The van der Waals surface area contributed by atoms with Crippen molar-refractivity contribution >= 4 is 11.9 Å². The Hall–Kier alpha value is -1.96. The van der Waals surface area contributed by atoms with Gasteiger partial charge >= 0.3 is 11.9 Å². The second-order valence-corrected chi connectivity index (χ2v) is 12.4. The van der Waals surface area contributed by atoms with Gasteiger partial charge in [0.05, 0.1) is 12.2 Å². The number of hydrogen-bond donors (Lipinski definition) is 3. The van der Waals surface area contributed by atoms with E-state index in [1.807, 2.05) is 12.2 Å². The van der Waals surface area contributed by atoms with E-state index >= 15 is 0 Å². The molecule has 0 aromatic carbocycles. The van der Waals surface area contributed by atoms with Crippen molar-refractivity contribution in [2.75, 3.05) is 13.2 Å². The van der Waals surface area contributed by atoms with E-state index in [4.69, 9.17) is 9.47 Å². The number of hydrogen-bond acceptors (Lipinski definition) is 7. The quantitative estimate of drug-likeness (QED) is 0.0419. The summed E-state index contributed by atoms with van der Waals surface area (Å²) in [5.41, 5.74) is 0. The van der Waals surface area contributed by atoms with Gasteiger partial charge in [-0.3, -0.25) is 9.59 Å². The van der Waals surface area contributed by atoms with Crippen LogP contribution < -0.4 is 0 Å². The van der Waals surface area contributed by atoms with Gasteiger partial charge in [0, 0.05) is 12.8 Å². The van der Waals surface area contributed by atoms with Crippen LogP contribution in [-0.2, 0) is 19.1 Å². The fraction of sp³-hybridized carbons (Fsp3) is 0.784. The van der Waals surface area contributed by atoms with Crippen LogP contribution in [0.2, 0.25) is 0 Å². The zero-order chi connectivity index (χ0) is 32.7. The summed E-state index contributed by atoms with van der Waals surface area (Å²) in [7, 11) is 0. The van der Waals surface area contributed by atoms with E-state index < -0.39 is 24.3 Å². The van der Waals surface area contributed by atoms with Gasteiger partial charge in [-0.05, 0) is 57.3 Å². The Bertz CT molecular complexity index is 759. The minimum absolute atomic E-state index is 0.0713. The lowest BCUT2D eigenvalue weighted by Gasteiger charge is -2.16. The number of unbranched alkanes of at least 4 members (excludes halogenated alkanes) is 10. The minimum atomic E-state index is -1.07. The number of aliphatic hydroxyl groups excluding tert-OH is 3. The average Bonchev–Trinajstić information content (AvgIpc) is 3.00. The van der Waals surface area contributed by atoms with E-state index in [1.54, 1.807) is 0 Å². The zero-order valence-corrected chi connectivity index (χ0v) is 28.3. The van der Waals surface area contributed by atoms with E-state index in [0.717, 1.165) is 44.4 Å². The van der Waals surface area contributed by atoms with Crippen LogP contribution in [0.1, 0.15) is 149 Å². The molecule has 0 fully saturated rings. The Morgan fingerprint density at radius 2 is 1.11 bits per heavy atom. The first kappa shape index (κ1) is 42.0. The summed E-state index contributed by atoms with van der Waals surface area (Å²) in [5.74, 6) is -0.0547. The highest BCUT2D eigenvalue weighted by Crippen LogP contribution is 2.14. The second kappa shape index (κ2) is 31.0. The van der Waals surface area contributed by atoms with Crippen LogP contribution in [0, 0.1) is 5.92 Å². The van der Waals surface area contributed by atoms with Gasteiger partial charge in [0.2, 0.25) is 0 Å². The first-order valence-corrected chi connectivity index (χ1v) is 17.6. The molecule has 0 heterocycles. The van der Waals surface area contributed by atoms with Gasteiger partial charge < -0.3 is 24.8 Å². The lowest BCUT2D eigenvalue weighted by atomic mass is 10.0. The molecule has 0 rings (SSSR count). The lowest BCUT2D eigenvalue weighted by molar-refractivity contribution is -0.152. The van der Waals surface area contributed by atoms with Gasteiger partial charge in [-0.2, -0.15) is 0 Å². The second-order valence-electron chi connectivity index (χ2n) is 12.4. The van der Waals surface area contributed by atoms with E-state index in [1.165, 1.54) is 57.8 Å². The van der Waals surface area contributed by atoms with Crippen molar-refractivity contribution < 1.29 is 34.4 Å². The number of allylic oxidation sites excluding steroid dienone is 5. The molecule has 0 radical (unpaired) electrons. The molecule has 7 nitrogen and oxygen atoms in total. The molecule has 2 unspecified atom stereocenters. The summed E-state index contributed by atoms with van der Waals surface area (Å²) in [6.45, 7) is 6.29. The SMILES string of the molecule is CCCCC/C=C\C/C=C\C/C=C\CC(O)C(O)CCCC(=O)OC[C@@H](O)COC(=O)CCCCCCCCCCC(C)C. The highest BCUT2D eigenvalue weighted by Gasteiger charge is 2.16. The molecule has 3 N–H and O–H groups in total. The standard InChI is InChI=1S/C37H66O7/c1-4-5-6-7-8-9-10-11-12-16-19-22-26-34(39)35(40)27-24-29-37(42)44-31-33(38)30-43-36(41)28-23-20-17-14-13-15-18-21-25-32(2)3/h8-9,11-12,19,22,32-35,38-40H,4-7,10,13-18,20-21,23-31H2,1-3H3/b9-8-,12-11-,22-19-/t33-,34?,35?/m0/s1. The molecule has 0 bridgehead atoms. The van der Waals surface area contributed by atoms with Gasteiger partial charge in [-0.25, -0.2) is 0 Å². The molecule has 0 aliphatic rings. The summed E-state index contributed by atoms with van der Waals surface area (Å²) < 4.78 is 10.2. The minimum Gasteiger partial charge on any atom is -0.463 e. The number of carbonyl (C=O) groups is 2. The topological polar surface area (TPSA) is 113 Å². The summed E-state index contributed by atoms with van der Waals surface area (Å²) in [4.78, 5) is 23.8. The monoisotopic (exact) mass is 622 g/mol. The molecule has 44 heavy (non-hydrogen) atoms. The van der Waals surface area contributed by atoms with Crippen LogP contribution in [-0.4, -0.2) is 58.8 Å². The van der Waals surface area contributed by atoms with Crippen LogP contribution in [0.4, 0.5) is 0 Å². The van der Waals surface area contributed by atoms with Crippen molar-refractivity contribution in [3.8, 4) is 0 Å². The fourth-order valence-corrected chi connectivity index (χ4v) is 4.67. The molecule has 7 heteroatoms. The number of esters is 2. The van der Waals surface area contributed by atoms with Crippen molar-refractivity contribution in [1.29, 1.82) is 0 Å². The Labute approximate surface area is 269 Å². The van der Waals surface area contributed by atoms with Crippen LogP contribution in [0.15, 0.2) is 36.5 Å². The molecule has 0 saturated heterocycles. The Morgan fingerprint density at radius 1 is 0.591 bits per heavy atom. The normalized spacial score (nSPS) is 14.2. The summed E-state index contributed by atoms with van der Waals surface area (Å²) in [5, 5.41) is 30.3. The molecular formula is C37H66O7. The van der Waals surface area contributed by atoms with Crippen molar-refractivity contribution in [2.24, 2.45) is 5.92 Å². The van der Waals surface area contributed by atoms with Gasteiger partial charge in [-0.15, -0.1) is 0 Å². The summed E-state index contributed by atoms with van der Waals surface area (Å²) >= 11 is 0. The fourth-order valence-electron chi connectivity index (χ4n) is 4.67. The first-order chi connectivity index (χ1) is 21.3. The van der Waals surface area contributed by atoms with Crippen LogP contribution in [0.25, 0.3) is 0 Å². The van der Waals surface area contributed by atoms with Gasteiger partial charge in [0.15, 0.2) is 0 Å². The van der Waals surface area contributed by atoms with E-state index in [2.05, 4.69) is 45.1 Å². The van der Waals surface area contributed by atoms with Gasteiger partial charge in [0.25, 0.3) is 0 Å².